The molecule has 9 nitrogen and oxygen atoms in total. The second kappa shape index (κ2) is 8.43. The minimum Gasteiger partial charge on any atom is -0.542 e. The van der Waals surface area contributed by atoms with Crippen molar-refractivity contribution in [1.82, 2.24) is 15.1 Å². The van der Waals surface area contributed by atoms with Crippen LogP contribution in [0.5, 0.6) is 0 Å². The van der Waals surface area contributed by atoms with Crippen LogP contribution in [0, 0.1) is 0 Å². The molecule has 0 aromatic carbocycles. The molecule has 2 aromatic rings. The van der Waals surface area contributed by atoms with Crippen LogP contribution in [0.25, 0.3) is 11.3 Å². The van der Waals surface area contributed by atoms with Gasteiger partial charge in [-0.2, -0.15) is 21.6 Å². The number of aromatic nitrogens is 4. The molecule has 0 fully saturated rings. The number of hydrogen-bond donors (Lipinski definition) is 1. The molecule has 0 aliphatic carbocycles. The Hall–Kier alpha value is -2.67. The fourth-order valence-electron chi connectivity index (χ4n) is 1.33. The van der Waals surface area contributed by atoms with Gasteiger partial charge in [-0.15, -0.1) is 0 Å². The lowest BCUT2D eigenvalue weighted by atomic mass is 10.2. The number of carboxylic acids is 1. The van der Waals surface area contributed by atoms with Gasteiger partial charge in [-0.3, -0.25) is 14.5 Å². The van der Waals surface area contributed by atoms with Gasteiger partial charge in [0, 0.05) is 24.0 Å². The van der Waals surface area contributed by atoms with Crippen molar-refractivity contribution in [2.24, 2.45) is 0 Å². The molecule has 13 heteroatoms. The van der Waals surface area contributed by atoms with Gasteiger partial charge in [-0.05, 0) is 5.10 Å². The van der Waals surface area contributed by atoms with E-state index in [9.17, 15) is 21.6 Å². The number of hydrogen-bond acceptors (Lipinski definition) is 7. The molecule has 0 atom stereocenters. The highest BCUT2D eigenvalue weighted by atomic mass is 32.2. The predicted octanol–water partition coefficient (Wildman–Crippen LogP) is -0.987. The first-order valence-corrected chi connectivity index (χ1v) is 7.95. The molecule has 0 aliphatic heterocycles. The summed E-state index contributed by atoms with van der Waals surface area (Å²) in [6.45, 7) is 0.0968. The van der Waals surface area contributed by atoms with Crippen molar-refractivity contribution >= 4 is 16.1 Å². The van der Waals surface area contributed by atoms with E-state index >= 15 is 0 Å². The first-order chi connectivity index (χ1) is 11.5. The van der Waals surface area contributed by atoms with E-state index in [0.29, 0.717) is 5.69 Å². The summed E-state index contributed by atoms with van der Waals surface area (Å²) in [4.78, 5) is 16.8. The van der Waals surface area contributed by atoms with Crippen molar-refractivity contribution < 1.29 is 40.7 Å². The van der Waals surface area contributed by atoms with Crippen LogP contribution in [0.1, 0.15) is 0 Å². The lowest BCUT2D eigenvalue weighted by Gasteiger charge is -2.03. The quantitative estimate of drug-likeness (QED) is 0.527. The molecular weight excluding hydrogens is 369 g/mol. The molecule has 0 saturated carbocycles. The van der Waals surface area contributed by atoms with Gasteiger partial charge in [0.15, 0.2) is 12.7 Å². The third-order valence-electron chi connectivity index (χ3n) is 2.44. The van der Waals surface area contributed by atoms with Crippen molar-refractivity contribution in [2.75, 3.05) is 5.75 Å². The smallest absolute Gasteiger partial charge is 0.430 e. The third-order valence-corrected chi connectivity index (χ3v) is 3.14. The number of halogens is 3. The molecule has 25 heavy (non-hydrogen) atoms. The van der Waals surface area contributed by atoms with E-state index in [1.54, 1.807) is 37.1 Å². The zero-order chi connectivity index (χ0) is 19.1. The maximum absolute atomic E-state index is 10.6. The van der Waals surface area contributed by atoms with Crippen molar-refractivity contribution in [3.05, 3.63) is 37.1 Å². The van der Waals surface area contributed by atoms with E-state index in [-0.39, 0.29) is 12.3 Å². The Balaban J connectivity index is 0.000000381. The summed E-state index contributed by atoms with van der Waals surface area (Å²) in [5.41, 5.74) is 1.47. The van der Waals surface area contributed by atoms with E-state index in [1.807, 2.05) is 0 Å². The Labute approximate surface area is 139 Å². The lowest BCUT2D eigenvalue weighted by molar-refractivity contribution is -0.750. The average Bonchev–Trinajstić information content (AvgIpc) is 2.53. The number of carbonyl (C=O) groups excluding carboxylic acids is 1. The molecule has 1 N–H and O–H groups in total. The first-order valence-electron chi connectivity index (χ1n) is 6.34. The van der Waals surface area contributed by atoms with Gasteiger partial charge in [-0.25, -0.2) is 0 Å². The molecule has 2 aromatic heterocycles. The number of aryl methyl sites for hydroxylation is 1. The van der Waals surface area contributed by atoms with Gasteiger partial charge in [0.2, 0.25) is 0 Å². The molecule has 0 unspecified atom stereocenters. The molecule has 0 bridgehead atoms. The summed E-state index contributed by atoms with van der Waals surface area (Å²) in [6.07, 6.45) is 2.75. The number of alkyl halides is 3. The fraction of sp³-hybridized carbons (Fsp3) is 0.250. The average molecular weight is 380 g/mol. The van der Waals surface area contributed by atoms with Crippen LogP contribution in [0.2, 0.25) is 0 Å². The van der Waals surface area contributed by atoms with Crippen molar-refractivity contribution in [3.8, 4) is 11.3 Å². The van der Waals surface area contributed by atoms with Crippen LogP contribution in [0.3, 0.4) is 0 Å². The zero-order valence-electron chi connectivity index (χ0n) is 12.3. The fourth-order valence-corrected chi connectivity index (χ4v) is 1.74. The van der Waals surface area contributed by atoms with Crippen LogP contribution in [-0.2, 0) is 21.5 Å². The van der Waals surface area contributed by atoms with E-state index in [1.165, 1.54) is 4.68 Å². The highest BCUT2D eigenvalue weighted by molar-refractivity contribution is 7.85. The maximum Gasteiger partial charge on any atom is 0.430 e. The van der Waals surface area contributed by atoms with E-state index in [4.69, 9.17) is 14.5 Å². The highest BCUT2D eigenvalue weighted by Gasteiger charge is 2.28. The Kier molecular flexibility index (Phi) is 6.87. The lowest BCUT2D eigenvalue weighted by Crippen LogP contribution is -2.40. The molecule has 0 spiro atoms. The van der Waals surface area contributed by atoms with Gasteiger partial charge in [-0.1, -0.05) is 4.68 Å². The Bertz CT molecular complexity index is 798. The SMILES string of the molecule is O=C([O-])C(F)(F)F.O=S(=O)(O)CC[n+]1ccc(-c2cnccn2)cn1. The summed E-state index contributed by atoms with van der Waals surface area (Å²) in [6, 6.07) is 1.75. The van der Waals surface area contributed by atoms with Crippen LogP contribution in [-0.4, -0.2) is 45.9 Å². The topological polar surface area (TPSA) is 137 Å². The summed E-state index contributed by atoms with van der Waals surface area (Å²) in [5.74, 6) is -3.37. The predicted molar refractivity (Wildman–Crippen MR) is 72.9 cm³/mol. The first kappa shape index (κ1) is 20.4. The van der Waals surface area contributed by atoms with Gasteiger partial charge in [0.1, 0.15) is 17.9 Å². The molecule has 2 heterocycles. The second-order valence-corrected chi connectivity index (χ2v) is 5.91. The van der Waals surface area contributed by atoms with Crippen molar-refractivity contribution in [1.29, 1.82) is 0 Å². The summed E-state index contributed by atoms with van der Waals surface area (Å²) in [5, 5.41) is 12.8. The monoisotopic (exact) mass is 380 g/mol. The van der Waals surface area contributed by atoms with Gasteiger partial charge < -0.3 is 9.90 Å². The molecule has 0 saturated heterocycles. The Morgan fingerprint density at radius 3 is 2.32 bits per heavy atom. The third kappa shape index (κ3) is 8.12. The molecule has 136 valence electrons. The highest BCUT2D eigenvalue weighted by Crippen LogP contribution is 2.12. The zero-order valence-corrected chi connectivity index (χ0v) is 13.1. The van der Waals surface area contributed by atoms with Crippen molar-refractivity contribution in [2.45, 2.75) is 12.7 Å². The Morgan fingerprint density at radius 2 is 1.92 bits per heavy atom. The van der Waals surface area contributed by atoms with Crippen LogP contribution >= 0.6 is 0 Å². The van der Waals surface area contributed by atoms with Crippen molar-refractivity contribution in [3.63, 3.8) is 0 Å². The van der Waals surface area contributed by atoms with Crippen LogP contribution in [0.4, 0.5) is 13.2 Å². The molecular formula is C12H11F3N4O5S. The van der Waals surface area contributed by atoms with E-state index < -0.39 is 22.3 Å². The molecule has 2 rings (SSSR count). The van der Waals surface area contributed by atoms with E-state index in [2.05, 4.69) is 15.1 Å². The number of carbonyl (C=O) groups is 1. The molecule has 0 aliphatic rings. The van der Waals surface area contributed by atoms with Gasteiger partial charge in [0.25, 0.3) is 10.1 Å². The summed E-state index contributed by atoms with van der Waals surface area (Å²) < 4.78 is 62.8. The minimum absolute atomic E-state index is 0.0968. The number of carboxylic acid groups (broad SMARTS) is 1. The molecule has 0 amide bonds. The van der Waals surface area contributed by atoms with Gasteiger partial charge >= 0.3 is 6.18 Å². The normalized spacial score (nSPS) is 11.4. The van der Waals surface area contributed by atoms with Gasteiger partial charge in [0.05, 0.1) is 11.9 Å². The second-order valence-electron chi connectivity index (χ2n) is 4.34. The Morgan fingerprint density at radius 1 is 1.28 bits per heavy atom. The largest absolute Gasteiger partial charge is 0.542 e. The van der Waals surface area contributed by atoms with Crippen LogP contribution in [0.15, 0.2) is 37.1 Å². The van der Waals surface area contributed by atoms with Crippen LogP contribution < -0.4 is 9.79 Å². The number of nitrogens with zero attached hydrogens (tertiary/aromatic N) is 4. The number of rotatable bonds is 4. The standard InChI is InChI=1S/C10H10N4O3S.C2HF3O2/c15-18(16,17)6-5-14-4-1-9(7-13-14)10-8-11-2-3-12-10;3-2(4,5)1(6)7/h1-4,7-8H,5-6H2;(H,6,7). The number of aliphatic carboxylic acids is 1. The maximum atomic E-state index is 10.6. The van der Waals surface area contributed by atoms with E-state index in [0.717, 1.165) is 5.56 Å². The summed E-state index contributed by atoms with van der Waals surface area (Å²) >= 11 is 0. The summed E-state index contributed by atoms with van der Waals surface area (Å²) in [7, 11) is -3.97. The minimum atomic E-state index is -5.19. The molecule has 0 radical (unpaired) electrons.